The smallest absolute Gasteiger partial charge is 0.518 e. The van der Waals surface area contributed by atoms with E-state index in [0.717, 1.165) is 190 Å². The number of anilines is 10. The first-order valence-electron chi connectivity index (χ1n) is 41.8. The predicted molar refractivity (Wildman–Crippen MR) is 511 cm³/mol. The molecular formula is C109H77N15Ni3OP+3. The molecular weight excluding hydrogens is 1740 g/mol. The van der Waals surface area contributed by atoms with Gasteiger partial charge in [-0.05, 0) is 172 Å². The van der Waals surface area contributed by atoms with E-state index in [9.17, 15) is 0 Å². The van der Waals surface area contributed by atoms with Gasteiger partial charge in [0, 0.05) is 107 Å². The molecule has 0 amide bonds. The van der Waals surface area contributed by atoms with Crippen molar-refractivity contribution in [1.82, 2.24) is 43.2 Å². The van der Waals surface area contributed by atoms with E-state index >= 15 is 0 Å². The van der Waals surface area contributed by atoms with Gasteiger partial charge in [0.05, 0.1) is 70.5 Å². The second kappa shape index (κ2) is 33.9. The van der Waals surface area contributed by atoms with E-state index in [-0.39, 0.29) is 49.5 Å². The number of benzene rings is 13. The predicted octanol–water partition coefficient (Wildman–Crippen LogP) is 21.9. The number of aromatic nitrogens is 11. The van der Waals surface area contributed by atoms with Crippen molar-refractivity contribution in [2.75, 3.05) is 33.7 Å². The minimum Gasteiger partial charge on any atom is -0.518 e. The van der Waals surface area contributed by atoms with Crippen LogP contribution in [0.15, 0.2) is 358 Å². The molecule has 20 heteroatoms. The van der Waals surface area contributed by atoms with Gasteiger partial charge in [-0.1, -0.05) is 172 Å². The van der Waals surface area contributed by atoms with Crippen molar-refractivity contribution in [3.8, 4) is 56.1 Å². The Morgan fingerprint density at radius 1 is 0.395 bits per heavy atom. The van der Waals surface area contributed by atoms with Crippen LogP contribution >= 0.6 is 7.92 Å². The van der Waals surface area contributed by atoms with Gasteiger partial charge >= 0.3 is 49.5 Å². The quantitative estimate of drug-likeness (QED) is 0.0536. The summed E-state index contributed by atoms with van der Waals surface area (Å²) in [5, 5.41) is 11.8. The summed E-state index contributed by atoms with van der Waals surface area (Å²) in [5.74, 6) is 0. The third-order valence-corrected chi connectivity index (χ3v) is 27.2. The van der Waals surface area contributed by atoms with Crippen LogP contribution in [0, 0.1) is 36.4 Å². The number of hydrogen-bond donors (Lipinski definition) is 0. The summed E-state index contributed by atoms with van der Waals surface area (Å²) >= 11 is 0. The van der Waals surface area contributed by atoms with Crippen LogP contribution in [0.3, 0.4) is 0 Å². The van der Waals surface area contributed by atoms with Crippen molar-refractivity contribution in [1.29, 1.82) is 0 Å². The standard InChI is InChI=1S/C43H31N4P.C33H24N6O.C33H21N5.3Ni/c1-45-29-44-43-35(21-13-24-39(43)45)30-14-11-16-32(26-30)47-38-23-10-9-22-37(38)46(2)40-27-31-15-12-25-42(36(31)28-41(40)47)48(33-17-5-3-6-18-33)34-19-7-4-8-20-34;1-36-18-24(32-33(36)37(2)20-35-32)21-9-8-10-22(15-21)39-28-13-5-4-12-27(28)38(3)29-17-31-23(16-30(29)39)25(19-40-31)26-11-6-7-14-34-26;1-36-21-28(29-12-4-5-15-34-29)27-20-32-26(19-31(27)36)25-11-2-3-13-30(25)38(32)24-10-6-9-23(18-24)37-17-14-22-8-7-16-35-33(22)37;;;/h3-25,27,29H,1-2H3;4-14,17-20H,1-3H3;2-17,19,21H,1H3;;;/q3*-2;+2;2*+3/p+1. The van der Waals surface area contributed by atoms with Gasteiger partial charge in [0.2, 0.25) is 0 Å². The first-order chi connectivity index (χ1) is 62.0. The molecule has 0 spiro atoms. The number of fused-ring (bicyclic) bond motifs is 13. The molecule has 0 atom stereocenters. The Morgan fingerprint density at radius 2 is 0.961 bits per heavy atom. The molecule has 0 aliphatic carbocycles. The van der Waals surface area contributed by atoms with Crippen LogP contribution in [0.1, 0.15) is 0 Å². The number of para-hydroxylation sites is 6. The van der Waals surface area contributed by atoms with Gasteiger partial charge < -0.3 is 51.4 Å². The monoisotopic (exact) mass is 1820 g/mol. The summed E-state index contributed by atoms with van der Waals surface area (Å²) < 4.78 is 18.8. The molecule has 0 fully saturated rings. The number of hydrogen-bond acceptors (Lipinski definition) is 8. The number of aryl methyl sites for hydroxylation is 4. The Balaban J connectivity index is 0.000000121. The van der Waals surface area contributed by atoms with Gasteiger partial charge in [-0.15, -0.1) is 119 Å². The van der Waals surface area contributed by atoms with E-state index in [1.807, 2.05) is 80.1 Å². The number of rotatable bonds is 11. The van der Waals surface area contributed by atoms with Gasteiger partial charge in [0.1, 0.15) is 11.3 Å². The number of imidazole rings is 2. The van der Waals surface area contributed by atoms with Gasteiger partial charge in [0.25, 0.3) is 0 Å². The Morgan fingerprint density at radius 3 is 1.66 bits per heavy atom. The molecule has 12 heterocycles. The molecule has 2 radical (unpaired) electrons. The molecule has 0 saturated heterocycles. The summed E-state index contributed by atoms with van der Waals surface area (Å²) in [4.78, 5) is 32.3. The number of nitrogens with zero attached hydrogens (tertiary/aromatic N) is 15. The molecule has 25 rings (SSSR count). The maximum Gasteiger partial charge on any atom is 3.00 e. The van der Waals surface area contributed by atoms with Gasteiger partial charge in [-0.25, -0.2) is 15.0 Å². The Hall–Kier alpha value is -14.7. The molecule has 13 aromatic carbocycles. The van der Waals surface area contributed by atoms with Crippen molar-refractivity contribution in [2.24, 2.45) is 28.2 Å². The number of furan rings is 1. The Bertz CT molecular complexity index is 8160. The second-order valence-electron chi connectivity index (χ2n) is 31.9. The van der Waals surface area contributed by atoms with E-state index < -0.39 is 7.92 Å². The third-order valence-electron chi connectivity index (χ3n) is 24.4. The molecule has 129 heavy (non-hydrogen) atoms. The maximum absolute atomic E-state index is 6.03. The first kappa shape index (κ1) is 82.6. The molecule has 0 saturated carbocycles. The fourth-order valence-electron chi connectivity index (χ4n) is 18.5. The molecule has 626 valence electrons. The fraction of sp³-hybridized carbons (Fsp3) is 0.0550. The van der Waals surface area contributed by atoms with Gasteiger partial charge in [-0.3, -0.25) is 9.97 Å². The van der Waals surface area contributed by atoms with Crippen LogP contribution < -0.4 is 54.6 Å². The molecule has 23 aromatic rings. The molecule has 2 aliphatic rings. The average Bonchev–Trinajstić information content (AvgIpc) is 1.25. The van der Waals surface area contributed by atoms with Crippen molar-refractivity contribution in [2.45, 2.75) is 0 Å². The molecule has 16 nitrogen and oxygen atoms in total. The zero-order chi connectivity index (χ0) is 84.4. The molecule has 10 aromatic heterocycles. The third kappa shape index (κ3) is 14.1. The summed E-state index contributed by atoms with van der Waals surface area (Å²) in [6.07, 6.45) is 17.3. The Kier molecular flexibility index (Phi) is 21.7. The molecule has 0 N–H and O–H groups in total. The second-order valence-corrected chi connectivity index (χ2v) is 34.3. The van der Waals surface area contributed by atoms with Gasteiger partial charge in [0.15, 0.2) is 0 Å². The summed E-state index contributed by atoms with van der Waals surface area (Å²) in [6.45, 7) is 0. The van der Waals surface area contributed by atoms with E-state index in [2.05, 4.69) is 406 Å². The van der Waals surface area contributed by atoms with Crippen LogP contribution in [-0.2, 0) is 77.7 Å². The summed E-state index contributed by atoms with van der Waals surface area (Å²) in [5.41, 5.74) is 29.2. The van der Waals surface area contributed by atoms with Crippen LogP contribution in [-0.4, -0.2) is 47.3 Å². The van der Waals surface area contributed by atoms with Crippen LogP contribution in [0.5, 0.6) is 0 Å². The van der Waals surface area contributed by atoms with E-state index in [0.29, 0.717) is 0 Å². The molecule has 0 bridgehead atoms. The van der Waals surface area contributed by atoms with Crippen molar-refractivity contribution in [3.63, 3.8) is 0 Å². The normalized spacial score (nSPS) is 12.1. The van der Waals surface area contributed by atoms with Crippen LogP contribution in [0.2, 0.25) is 0 Å². The van der Waals surface area contributed by atoms with Crippen molar-refractivity contribution in [3.05, 3.63) is 390 Å². The average molecular weight is 1820 g/mol. The zero-order valence-electron chi connectivity index (χ0n) is 70.6. The maximum atomic E-state index is 6.03. The number of pyridine rings is 3. The van der Waals surface area contributed by atoms with Crippen LogP contribution in [0.25, 0.3) is 144 Å². The van der Waals surface area contributed by atoms with E-state index in [1.165, 1.54) is 26.7 Å². The van der Waals surface area contributed by atoms with Gasteiger partial charge in [-0.2, -0.15) is 6.07 Å². The topological polar surface area (TPSA) is 120 Å². The minimum atomic E-state index is -1.32. The SMILES string of the molecule is CN1c2cc3cccc([PH+](c4ccccc4)c4ccccc4)c3[c-]c2N(c2[c-]c(-c3cccc4c3[n-]c[n+]4C)ccc2)c2ccccc21.CN1c2cc3occ(-c4ccccn4)c3[c-]c2N(c2[c-]c(-c3cn(C)c4c3[n-]c[n+]4C)ccc2)c2ccccc21.Cn1cc(-c2ccccn2)c2[c-]c3c(cc21)c1ccccc1n3-c1[c-]c(-n2ccc3cccnc32)ccc1.[Ni+2].[Ni+3].[Ni+3]. The van der Waals surface area contributed by atoms with Crippen molar-refractivity contribution < 1.29 is 63.0 Å². The molecule has 0 unspecified atom stereocenters. The van der Waals surface area contributed by atoms with E-state index in [4.69, 9.17) is 9.40 Å². The Labute approximate surface area is 776 Å². The largest absolute Gasteiger partial charge is 3.00 e. The first-order valence-corrected chi connectivity index (χ1v) is 43.3. The van der Waals surface area contributed by atoms with E-state index in [1.54, 1.807) is 12.5 Å². The fourth-order valence-corrected chi connectivity index (χ4v) is 21.3. The van der Waals surface area contributed by atoms with Crippen molar-refractivity contribution >= 4 is 168 Å². The summed E-state index contributed by atoms with van der Waals surface area (Å²) in [6, 6.07) is 127. The minimum absolute atomic E-state index is 0. The zero-order valence-corrected chi connectivity index (χ0v) is 74.5. The van der Waals surface area contributed by atoms with Crippen LogP contribution in [0.4, 0.5) is 56.9 Å². The molecule has 2 aliphatic heterocycles. The summed E-state index contributed by atoms with van der Waals surface area (Å²) in [7, 11) is 11.1.